The molecule has 0 aliphatic rings. The average molecular weight is 214 g/mol. The Morgan fingerprint density at radius 1 is 1.31 bits per heavy atom. The van der Waals surface area contributed by atoms with Crippen LogP contribution in [0.2, 0.25) is 0 Å². The molecular weight excluding hydrogens is 200 g/mol. The zero-order chi connectivity index (χ0) is 11.4. The summed E-state index contributed by atoms with van der Waals surface area (Å²) in [5.74, 6) is 0. The Morgan fingerprint density at radius 2 is 2.06 bits per heavy atom. The van der Waals surface area contributed by atoms with E-state index in [1.54, 1.807) is 0 Å². The van der Waals surface area contributed by atoms with Crippen LogP contribution in [0.1, 0.15) is 17.5 Å². The van der Waals surface area contributed by atoms with Gasteiger partial charge < -0.3 is 4.79 Å². The van der Waals surface area contributed by atoms with Crippen molar-refractivity contribution in [2.45, 2.75) is 19.8 Å². The van der Waals surface area contributed by atoms with Crippen LogP contribution in [0.25, 0.3) is 5.69 Å². The van der Waals surface area contributed by atoms with E-state index in [4.69, 9.17) is 0 Å². The number of nitrogens with zero attached hydrogens (tertiary/aromatic N) is 2. The van der Waals surface area contributed by atoms with Gasteiger partial charge >= 0.3 is 0 Å². The third kappa shape index (κ3) is 2.37. The number of carbonyl (C=O) groups is 1. The maximum absolute atomic E-state index is 10.3. The minimum atomic E-state index is 0.584. The monoisotopic (exact) mass is 214 g/mol. The highest BCUT2D eigenvalue weighted by atomic mass is 16.1. The maximum atomic E-state index is 10.3. The average Bonchev–Trinajstić information content (AvgIpc) is 2.74. The molecule has 0 amide bonds. The molecule has 0 N–H and O–H groups in total. The van der Waals surface area contributed by atoms with Crippen LogP contribution in [0, 0.1) is 6.92 Å². The normalized spacial score (nSPS) is 10.3. The molecule has 16 heavy (non-hydrogen) atoms. The maximum Gasteiger partial charge on any atom is 0.120 e. The number of hydrogen-bond donors (Lipinski definition) is 0. The number of carbonyl (C=O) groups excluding carboxylic acids is 1. The van der Waals surface area contributed by atoms with E-state index >= 15 is 0 Å². The lowest BCUT2D eigenvalue weighted by atomic mass is 10.1. The minimum Gasteiger partial charge on any atom is -0.303 e. The summed E-state index contributed by atoms with van der Waals surface area (Å²) < 4.78 is 1.85. The highest BCUT2D eigenvalue weighted by molar-refractivity contribution is 5.50. The molecule has 3 heteroatoms. The molecule has 0 spiro atoms. The molecule has 3 nitrogen and oxygen atoms in total. The quantitative estimate of drug-likeness (QED) is 0.732. The van der Waals surface area contributed by atoms with Crippen molar-refractivity contribution in [1.82, 2.24) is 9.78 Å². The van der Waals surface area contributed by atoms with Gasteiger partial charge in [0.15, 0.2) is 0 Å². The summed E-state index contributed by atoms with van der Waals surface area (Å²) in [6.45, 7) is 2.02. The molecule has 2 rings (SSSR count). The summed E-state index contributed by atoms with van der Waals surface area (Å²) in [6, 6.07) is 8.12. The zero-order valence-corrected chi connectivity index (χ0v) is 9.26. The van der Waals surface area contributed by atoms with Gasteiger partial charge in [-0.1, -0.05) is 12.1 Å². The molecule has 0 aliphatic carbocycles. The lowest BCUT2D eigenvalue weighted by Gasteiger charge is -2.02. The van der Waals surface area contributed by atoms with Gasteiger partial charge in [0, 0.05) is 12.6 Å². The van der Waals surface area contributed by atoms with Gasteiger partial charge in [-0.3, -0.25) is 0 Å². The van der Waals surface area contributed by atoms with E-state index in [9.17, 15) is 4.79 Å². The molecule has 1 aromatic heterocycles. The molecule has 0 aliphatic heterocycles. The number of benzene rings is 1. The van der Waals surface area contributed by atoms with Crippen molar-refractivity contribution >= 4 is 6.29 Å². The van der Waals surface area contributed by atoms with Crippen LogP contribution in [0.15, 0.2) is 36.7 Å². The first-order valence-corrected chi connectivity index (χ1v) is 5.34. The Balaban J connectivity index is 2.15. The van der Waals surface area contributed by atoms with Crippen molar-refractivity contribution in [1.29, 1.82) is 0 Å². The van der Waals surface area contributed by atoms with E-state index < -0.39 is 0 Å². The van der Waals surface area contributed by atoms with Crippen molar-refractivity contribution in [2.24, 2.45) is 0 Å². The van der Waals surface area contributed by atoms with Gasteiger partial charge in [0.25, 0.3) is 0 Å². The van der Waals surface area contributed by atoms with Crippen molar-refractivity contribution in [2.75, 3.05) is 0 Å². The van der Waals surface area contributed by atoms with Gasteiger partial charge in [0.05, 0.1) is 11.9 Å². The Labute approximate surface area is 94.7 Å². The van der Waals surface area contributed by atoms with Crippen molar-refractivity contribution in [3.8, 4) is 5.69 Å². The van der Waals surface area contributed by atoms with Crippen LogP contribution in [-0.2, 0) is 11.2 Å². The first kappa shape index (κ1) is 10.6. The SMILES string of the molecule is Cc1cnn(-c2ccc(CCC=O)cc2)c1. The van der Waals surface area contributed by atoms with Gasteiger partial charge in [-0.2, -0.15) is 5.10 Å². The molecule has 0 radical (unpaired) electrons. The van der Waals surface area contributed by atoms with Gasteiger partial charge in [-0.25, -0.2) is 4.68 Å². The van der Waals surface area contributed by atoms with Gasteiger partial charge in [0.1, 0.15) is 6.29 Å². The molecule has 0 fully saturated rings. The predicted molar refractivity (Wildman–Crippen MR) is 62.7 cm³/mol. The second-order valence-electron chi connectivity index (χ2n) is 3.83. The number of aryl methyl sites for hydroxylation is 2. The Kier molecular flexibility index (Phi) is 3.15. The van der Waals surface area contributed by atoms with E-state index in [1.165, 1.54) is 5.56 Å². The number of rotatable bonds is 4. The van der Waals surface area contributed by atoms with E-state index in [1.807, 2.05) is 48.3 Å². The molecular formula is C13H14N2O. The summed E-state index contributed by atoms with van der Waals surface area (Å²) >= 11 is 0. The number of hydrogen-bond acceptors (Lipinski definition) is 2. The molecule has 82 valence electrons. The molecule has 0 saturated heterocycles. The third-order valence-electron chi connectivity index (χ3n) is 2.46. The van der Waals surface area contributed by atoms with Gasteiger partial charge in [-0.05, 0) is 36.6 Å². The van der Waals surface area contributed by atoms with Crippen molar-refractivity contribution < 1.29 is 4.79 Å². The smallest absolute Gasteiger partial charge is 0.120 e. The van der Waals surface area contributed by atoms with Gasteiger partial charge in [0.2, 0.25) is 0 Å². The second kappa shape index (κ2) is 4.75. The van der Waals surface area contributed by atoms with E-state index in [-0.39, 0.29) is 0 Å². The fourth-order valence-electron chi connectivity index (χ4n) is 1.59. The van der Waals surface area contributed by atoms with Crippen LogP contribution in [0.5, 0.6) is 0 Å². The Morgan fingerprint density at radius 3 is 2.62 bits per heavy atom. The summed E-state index contributed by atoms with van der Waals surface area (Å²) in [6.07, 6.45) is 6.16. The Bertz CT molecular complexity index is 471. The highest BCUT2D eigenvalue weighted by Crippen LogP contribution is 2.10. The van der Waals surface area contributed by atoms with E-state index in [0.717, 1.165) is 24.0 Å². The van der Waals surface area contributed by atoms with E-state index in [0.29, 0.717) is 6.42 Å². The Hall–Kier alpha value is -1.90. The molecule has 2 aromatic rings. The molecule has 1 heterocycles. The van der Waals surface area contributed by atoms with Crippen molar-refractivity contribution in [3.05, 3.63) is 47.8 Å². The standard InChI is InChI=1S/C13H14N2O/c1-11-9-14-15(10-11)13-6-4-12(5-7-13)3-2-8-16/h4-10H,2-3H2,1H3. The van der Waals surface area contributed by atoms with Crippen LogP contribution < -0.4 is 0 Å². The molecule has 0 atom stereocenters. The lowest BCUT2D eigenvalue weighted by Crippen LogP contribution is -1.94. The second-order valence-corrected chi connectivity index (χ2v) is 3.83. The first-order chi connectivity index (χ1) is 7.79. The topological polar surface area (TPSA) is 34.9 Å². The first-order valence-electron chi connectivity index (χ1n) is 5.34. The lowest BCUT2D eigenvalue weighted by molar-refractivity contribution is -0.107. The summed E-state index contributed by atoms with van der Waals surface area (Å²) in [7, 11) is 0. The van der Waals surface area contributed by atoms with Crippen LogP contribution in [-0.4, -0.2) is 16.1 Å². The number of aldehydes is 1. The third-order valence-corrected chi connectivity index (χ3v) is 2.46. The fraction of sp³-hybridized carbons (Fsp3) is 0.231. The number of aromatic nitrogens is 2. The zero-order valence-electron chi connectivity index (χ0n) is 9.26. The summed E-state index contributed by atoms with van der Waals surface area (Å²) in [4.78, 5) is 10.3. The van der Waals surface area contributed by atoms with Crippen LogP contribution >= 0.6 is 0 Å². The fourth-order valence-corrected chi connectivity index (χ4v) is 1.59. The largest absolute Gasteiger partial charge is 0.303 e. The van der Waals surface area contributed by atoms with E-state index in [2.05, 4.69) is 5.10 Å². The molecule has 1 aromatic carbocycles. The molecule has 0 bridgehead atoms. The highest BCUT2D eigenvalue weighted by Gasteiger charge is 1.98. The predicted octanol–water partition coefficient (Wildman–Crippen LogP) is 2.31. The molecule has 0 unspecified atom stereocenters. The van der Waals surface area contributed by atoms with Crippen molar-refractivity contribution in [3.63, 3.8) is 0 Å². The summed E-state index contributed by atoms with van der Waals surface area (Å²) in [5.41, 5.74) is 3.37. The molecule has 0 saturated carbocycles. The minimum absolute atomic E-state index is 0.584. The van der Waals surface area contributed by atoms with Crippen LogP contribution in [0.4, 0.5) is 0 Å². The van der Waals surface area contributed by atoms with Gasteiger partial charge in [-0.15, -0.1) is 0 Å². The summed E-state index contributed by atoms with van der Waals surface area (Å²) in [5, 5.41) is 4.24. The van der Waals surface area contributed by atoms with Crippen LogP contribution in [0.3, 0.4) is 0 Å².